The van der Waals surface area contributed by atoms with E-state index < -0.39 is 23.2 Å². The molecule has 0 bridgehead atoms. The molecule has 0 nitrogen and oxygen atoms in total. The van der Waals surface area contributed by atoms with Gasteiger partial charge in [-0.05, 0) is 0 Å². The molecule has 0 aliphatic heterocycles. The molecule has 0 fully saturated rings. The Labute approximate surface area is 145 Å². The minimum Gasteiger partial charge on any atom is -0.147 e. The molecular formula is C17H20Cl2Zr. The molecule has 0 aromatic heterocycles. The molecule has 1 aromatic carbocycles. The molecule has 0 saturated carbocycles. The zero-order chi connectivity index (χ0) is 12.8. The second-order valence-corrected chi connectivity index (χ2v) is 10.0. The standard InChI is InChI=1S/C12H13.C5H5.2ClH.Zr/c1-8-9(2)11-6-4-5-7-12(11)10(8)3;1-2-4-5-3-1;;;/h4-7H,1-3H3;1-3H,4H2;2*1H;. The molecule has 1 aromatic rings. The van der Waals surface area contributed by atoms with Crippen LogP contribution in [-0.4, -0.2) is 0 Å². The Morgan fingerprint density at radius 2 is 1.80 bits per heavy atom. The largest absolute Gasteiger partial charge is 0.147 e. The maximum Gasteiger partial charge on any atom is -0.147 e. The third-order valence-electron chi connectivity index (χ3n) is 4.36. The van der Waals surface area contributed by atoms with Crippen LogP contribution in [0, 0.1) is 0 Å². The minimum atomic E-state index is -0.600. The molecule has 2 aliphatic carbocycles. The van der Waals surface area contributed by atoms with E-state index in [2.05, 4.69) is 63.3 Å². The third-order valence-corrected chi connectivity index (χ3v) is 8.88. The van der Waals surface area contributed by atoms with Gasteiger partial charge >= 0.3 is 122 Å². The maximum absolute atomic E-state index is 2.48. The van der Waals surface area contributed by atoms with E-state index in [0.717, 1.165) is 0 Å². The summed E-state index contributed by atoms with van der Waals surface area (Å²) in [7, 11) is 0. The van der Waals surface area contributed by atoms with Crippen molar-refractivity contribution >= 4 is 30.4 Å². The number of allylic oxidation sites excluding steroid dienone is 6. The van der Waals surface area contributed by atoms with E-state index in [0.29, 0.717) is 3.12 Å². The van der Waals surface area contributed by atoms with Gasteiger partial charge in [-0.3, -0.25) is 0 Å². The van der Waals surface area contributed by atoms with Crippen LogP contribution in [0.1, 0.15) is 38.3 Å². The topological polar surface area (TPSA) is 0 Å². The molecule has 20 heavy (non-hydrogen) atoms. The molecular weight excluding hydrogens is 366 g/mol. The first-order chi connectivity index (χ1) is 8.63. The fraction of sp³-hybridized carbons (Fsp3) is 0.294. The molecule has 2 aliphatic rings. The average molecular weight is 386 g/mol. The smallest absolute Gasteiger partial charge is 0.147 e. The van der Waals surface area contributed by atoms with Crippen molar-refractivity contribution in [2.24, 2.45) is 0 Å². The first-order valence-electron chi connectivity index (χ1n) is 6.54. The second kappa shape index (κ2) is 6.78. The molecule has 0 N–H and O–H groups in total. The van der Waals surface area contributed by atoms with Crippen molar-refractivity contribution in [3.63, 3.8) is 0 Å². The first-order valence-corrected chi connectivity index (χ1v) is 9.00. The zero-order valence-electron chi connectivity index (χ0n) is 12.1. The summed E-state index contributed by atoms with van der Waals surface area (Å²) < 4.78 is 2.09. The van der Waals surface area contributed by atoms with E-state index in [1.807, 2.05) is 0 Å². The third kappa shape index (κ3) is 2.78. The van der Waals surface area contributed by atoms with E-state index in [9.17, 15) is 0 Å². The van der Waals surface area contributed by atoms with E-state index in [-0.39, 0.29) is 24.8 Å². The summed E-state index contributed by atoms with van der Waals surface area (Å²) in [4.78, 5) is 0. The van der Waals surface area contributed by atoms with Crippen LogP contribution in [0.5, 0.6) is 0 Å². The van der Waals surface area contributed by atoms with Crippen LogP contribution in [0.4, 0.5) is 0 Å². The fourth-order valence-corrected chi connectivity index (χ4v) is 7.40. The number of rotatable bonds is 2. The van der Waals surface area contributed by atoms with Crippen molar-refractivity contribution in [3.8, 4) is 0 Å². The summed E-state index contributed by atoms with van der Waals surface area (Å²) in [5, 5.41) is 0. The monoisotopic (exact) mass is 384 g/mol. The van der Waals surface area contributed by atoms with Crippen molar-refractivity contribution in [1.82, 2.24) is 0 Å². The number of hydrogen-bond donors (Lipinski definition) is 0. The summed E-state index contributed by atoms with van der Waals surface area (Å²) >= 11 is -0.600. The van der Waals surface area contributed by atoms with Crippen molar-refractivity contribution in [2.75, 3.05) is 0 Å². The summed E-state index contributed by atoms with van der Waals surface area (Å²) in [6.07, 6.45) is 8.09. The predicted molar refractivity (Wildman–Crippen MR) is 88.4 cm³/mol. The van der Waals surface area contributed by atoms with Gasteiger partial charge in [-0.15, -0.1) is 24.8 Å². The summed E-state index contributed by atoms with van der Waals surface area (Å²) in [6, 6.07) is 9.01. The number of halogens is 2. The second-order valence-electron chi connectivity index (χ2n) is 5.37. The summed E-state index contributed by atoms with van der Waals surface area (Å²) in [5.41, 5.74) is 6.20. The molecule has 0 saturated heterocycles. The SMILES string of the molecule is CC1=C(C)[C](C)([Zr][C]2=CC=CC2)c2ccccc21.Cl.Cl. The van der Waals surface area contributed by atoms with Gasteiger partial charge in [0.15, 0.2) is 0 Å². The Kier molecular flexibility index (Phi) is 6.08. The van der Waals surface area contributed by atoms with Gasteiger partial charge in [0, 0.05) is 0 Å². The first kappa shape index (κ1) is 18.0. The van der Waals surface area contributed by atoms with Gasteiger partial charge in [-0.2, -0.15) is 0 Å². The van der Waals surface area contributed by atoms with E-state index in [1.54, 1.807) is 14.4 Å². The molecule has 1 unspecified atom stereocenters. The Bertz CT molecular complexity index is 599. The van der Waals surface area contributed by atoms with Gasteiger partial charge < -0.3 is 0 Å². The molecule has 0 amide bonds. The van der Waals surface area contributed by atoms with Crippen LogP contribution in [-0.2, 0) is 26.4 Å². The van der Waals surface area contributed by atoms with Gasteiger partial charge in [0.05, 0.1) is 0 Å². The Balaban J connectivity index is 0.000001000. The molecule has 0 spiro atoms. The van der Waals surface area contributed by atoms with Crippen molar-refractivity contribution in [3.05, 3.63) is 62.5 Å². The Morgan fingerprint density at radius 1 is 1.10 bits per heavy atom. The van der Waals surface area contributed by atoms with E-state index >= 15 is 0 Å². The van der Waals surface area contributed by atoms with E-state index in [1.165, 1.54) is 17.6 Å². The molecule has 3 rings (SSSR count). The fourth-order valence-electron chi connectivity index (χ4n) is 3.05. The minimum absolute atomic E-state index is 0. The van der Waals surface area contributed by atoms with Crippen LogP contribution < -0.4 is 0 Å². The van der Waals surface area contributed by atoms with Crippen LogP contribution in [0.15, 0.2) is 51.3 Å². The maximum atomic E-state index is 2.48. The van der Waals surface area contributed by atoms with Gasteiger partial charge in [0.25, 0.3) is 0 Å². The van der Waals surface area contributed by atoms with Crippen LogP contribution >= 0.6 is 24.8 Å². The predicted octanol–water partition coefficient (Wildman–Crippen LogP) is 5.48. The van der Waals surface area contributed by atoms with Gasteiger partial charge in [0.2, 0.25) is 0 Å². The Hall–Kier alpha value is -0.0969. The zero-order valence-corrected chi connectivity index (χ0v) is 16.2. The number of hydrogen-bond acceptors (Lipinski definition) is 0. The van der Waals surface area contributed by atoms with Crippen LogP contribution in [0.2, 0.25) is 0 Å². The van der Waals surface area contributed by atoms with Crippen molar-refractivity contribution < 1.29 is 23.2 Å². The van der Waals surface area contributed by atoms with Gasteiger partial charge in [-0.1, -0.05) is 0 Å². The normalized spacial score (nSPS) is 22.9. The number of benzene rings is 1. The van der Waals surface area contributed by atoms with Crippen LogP contribution in [0.25, 0.3) is 5.57 Å². The summed E-state index contributed by atoms with van der Waals surface area (Å²) in [6.45, 7) is 7.11. The molecule has 0 radical (unpaired) electrons. The quantitative estimate of drug-likeness (QED) is 0.631. The van der Waals surface area contributed by atoms with Crippen LogP contribution in [0.3, 0.4) is 0 Å². The Morgan fingerprint density at radius 3 is 2.45 bits per heavy atom. The van der Waals surface area contributed by atoms with Crippen molar-refractivity contribution in [1.29, 1.82) is 0 Å². The van der Waals surface area contributed by atoms with Crippen molar-refractivity contribution in [2.45, 2.75) is 30.3 Å². The number of fused-ring (bicyclic) bond motifs is 1. The molecule has 0 heterocycles. The molecule has 1 atom stereocenters. The molecule has 3 heteroatoms. The van der Waals surface area contributed by atoms with Gasteiger partial charge in [0.1, 0.15) is 0 Å². The van der Waals surface area contributed by atoms with E-state index in [4.69, 9.17) is 0 Å². The summed E-state index contributed by atoms with van der Waals surface area (Å²) in [5.74, 6) is 0. The molecule has 106 valence electrons. The average Bonchev–Trinajstić information content (AvgIpc) is 2.94. The van der Waals surface area contributed by atoms with Gasteiger partial charge in [-0.25, -0.2) is 0 Å².